The lowest BCUT2D eigenvalue weighted by Gasteiger charge is -2.12. The van der Waals surface area contributed by atoms with Crippen LogP contribution in [0.2, 0.25) is 0 Å². The van der Waals surface area contributed by atoms with Crippen LogP contribution < -0.4 is 4.72 Å². The van der Waals surface area contributed by atoms with Crippen LogP contribution in [0, 0.1) is 6.92 Å². The zero-order valence-electron chi connectivity index (χ0n) is 16.3. The van der Waals surface area contributed by atoms with Gasteiger partial charge in [0.15, 0.2) is 0 Å². The number of sulfonamides is 1. The minimum Gasteiger partial charge on any atom is -0.306 e. The van der Waals surface area contributed by atoms with E-state index >= 15 is 0 Å². The average molecular weight is 414 g/mol. The summed E-state index contributed by atoms with van der Waals surface area (Å²) in [6.45, 7) is 2.00. The van der Waals surface area contributed by atoms with Crippen LogP contribution in [-0.4, -0.2) is 17.8 Å². The first kappa shape index (κ1) is 18.4. The van der Waals surface area contributed by atoms with Gasteiger partial charge in [0.2, 0.25) is 0 Å². The number of benzene rings is 3. The molecule has 2 aromatic heterocycles. The minimum absolute atomic E-state index is 0.224. The smallest absolute Gasteiger partial charge is 0.261 e. The van der Waals surface area contributed by atoms with Gasteiger partial charge < -0.3 is 4.40 Å². The standard InChI is InChI=1S/C24H19N3O2S/c1-17-7-6-14-27-16-23(25-24(17)27)21-10-4-5-11-22(21)26-30(28,29)20-13-12-18-8-2-3-9-19(18)15-20/h2-16,26H,1H3. The van der Waals surface area contributed by atoms with E-state index in [4.69, 9.17) is 4.98 Å². The summed E-state index contributed by atoms with van der Waals surface area (Å²) in [5.41, 5.74) is 3.83. The summed E-state index contributed by atoms with van der Waals surface area (Å²) in [4.78, 5) is 4.94. The minimum atomic E-state index is -3.76. The van der Waals surface area contributed by atoms with Crippen molar-refractivity contribution in [3.8, 4) is 11.3 Å². The molecule has 0 bridgehead atoms. The fraction of sp³-hybridized carbons (Fsp3) is 0.0417. The summed E-state index contributed by atoms with van der Waals surface area (Å²) >= 11 is 0. The second-order valence-electron chi connectivity index (χ2n) is 7.21. The highest BCUT2D eigenvalue weighted by Gasteiger charge is 2.18. The van der Waals surface area contributed by atoms with Crippen LogP contribution in [0.5, 0.6) is 0 Å². The summed E-state index contributed by atoms with van der Waals surface area (Å²) in [6.07, 6.45) is 3.84. The SMILES string of the molecule is Cc1cccn2cc(-c3ccccc3NS(=O)(=O)c3ccc4ccccc4c3)nc12. The van der Waals surface area contributed by atoms with Crippen LogP contribution in [-0.2, 0) is 10.0 Å². The summed E-state index contributed by atoms with van der Waals surface area (Å²) < 4.78 is 30.9. The normalized spacial score (nSPS) is 11.8. The Morgan fingerprint density at radius 1 is 0.867 bits per heavy atom. The number of nitrogens with zero attached hydrogens (tertiary/aromatic N) is 2. The van der Waals surface area contributed by atoms with Gasteiger partial charge >= 0.3 is 0 Å². The second-order valence-corrected chi connectivity index (χ2v) is 8.89. The number of nitrogens with one attached hydrogen (secondary N) is 1. The number of fused-ring (bicyclic) bond motifs is 2. The highest BCUT2D eigenvalue weighted by Crippen LogP contribution is 2.30. The van der Waals surface area contributed by atoms with E-state index < -0.39 is 10.0 Å². The molecule has 0 amide bonds. The molecule has 5 rings (SSSR count). The third kappa shape index (κ3) is 3.21. The third-order valence-electron chi connectivity index (χ3n) is 5.16. The van der Waals surface area contributed by atoms with Crippen molar-refractivity contribution in [2.75, 3.05) is 4.72 Å². The van der Waals surface area contributed by atoms with Crippen LogP contribution in [0.1, 0.15) is 5.56 Å². The van der Waals surface area contributed by atoms with E-state index in [1.807, 2.05) is 84.4 Å². The Morgan fingerprint density at radius 2 is 1.63 bits per heavy atom. The fourth-order valence-corrected chi connectivity index (χ4v) is 4.73. The van der Waals surface area contributed by atoms with Crippen molar-refractivity contribution in [2.45, 2.75) is 11.8 Å². The van der Waals surface area contributed by atoms with Gasteiger partial charge in [-0.25, -0.2) is 13.4 Å². The molecular weight excluding hydrogens is 394 g/mol. The number of hydrogen-bond acceptors (Lipinski definition) is 3. The molecule has 0 saturated carbocycles. The molecule has 0 atom stereocenters. The third-order valence-corrected chi connectivity index (χ3v) is 6.52. The van der Waals surface area contributed by atoms with Gasteiger partial charge in [-0.05, 0) is 47.5 Å². The molecule has 2 heterocycles. The van der Waals surface area contributed by atoms with Gasteiger partial charge in [0.05, 0.1) is 16.3 Å². The molecule has 5 aromatic rings. The van der Waals surface area contributed by atoms with Crippen LogP contribution in [0.25, 0.3) is 27.7 Å². The van der Waals surface area contributed by atoms with Crippen molar-refractivity contribution in [1.82, 2.24) is 9.38 Å². The second kappa shape index (κ2) is 7.00. The van der Waals surface area contributed by atoms with E-state index in [2.05, 4.69) is 4.72 Å². The Morgan fingerprint density at radius 3 is 2.47 bits per heavy atom. The first-order valence-corrected chi connectivity index (χ1v) is 11.0. The largest absolute Gasteiger partial charge is 0.306 e. The Balaban J connectivity index is 1.56. The molecular formula is C24H19N3O2S. The highest BCUT2D eigenvalue weighted by atomic mass is 32.2. The molecule has 0 aliphatic carbocycles. The lowest BCUT2D eigenvalue weighted by atomic mass is 10.1. The molecule has 0 saturated heterocycles. The molecule has 30 heavy (non-hydrogen) atoms. The number of anilines is 1. The van der Waals surface area contributed by atoms with Gasteiger partial charge in [-0.15, -0.1) is 0 Å². The number of pyridine rings is 1. The molecule has 0 fully saturated rings. The molecule has 3 aromatic carbocycles. The molecule has 0 spiro atoms. The van der Waals surface area contributed by atoms with E-state index in [0.717, 1.165) is 27.5 Å². The molecule has 5 nitrogen and oxygen atoms in total. The Labute approximate surface area is 174 Å². The maximum atomic E-state index is 13.1. The average Bonchev–Trinajstić information content (AvgIpc) is 3.19. The molecule has 0 aliphatic rings. The zero-order valence-corrected chi connectivity index (χ0v) is 17.1. The van der Waals surface area contributed by atoms with E-state index in [9.17, 15) is 8.42 Å². The van der Waals surface area contributed by atoms with Gasteiger partial charge in [0.25, 0.3) is 10.0 Å². The lowest BCUT2D eigenvalue weighted by molar-refractivity contribution is 0.601. The monoisotopic (exact) mass is 413 g/mol. The number of para-hydroxylation sites is 1. The summed E-state index contributed by atoms with van der Waals surface area (Å²) in [7, 11) is -3.76. The van der Waals surface area contributed by atoms with Crippen LogP contribution in [0.15, 0.2) is 96.2 Å². The molecule has 0 unspecified atom stereocenters. The van der Waals surface area contributed by atoms with Crippen LogP contribution >= 0.6 is 0 Å². The number of rotatable bonds is 4. The van der Waals surface area contributed by atoms with Gasteiger partial charge in [-0.3, -0.25) is 4.72 Å². The van der Waals surface area contributed by atoms with E-state index in [1.165, 1.54) is 0 Å². The number of hydrogen-bond donors (Lipinski definition) is 1. The maximum absolute atomic E-state index is 13.1. The lowest BCUT2D eigenvalue weighted by Crippen LogP contribution is -2.13. The molecule has 0 radical (unpaired) electrons. The van der Waals surface area contributed by atoms with E-state index in [1.54, 1.807) is 18.2 Å². The topological polar surface area (TPSA) is 63.5 Å². The quantitative estimate of drug-likeness (QED) is 0.437. The van der Waals surface area contributed by atoms with Crippen LogP contribution in [0.3, 0.4) is 0 Å². The van der Waals surface area contributed by atoms with Gasteiger partial charge in [-0.2, -0.15) is 0 Å². The predicted molar refractivity (Wildman–Crippen MR) is 120 cm³/mol. The highest BCUT2D eigenvalue weighted by molar-refractivity contribution is 7.92. The Bertz CT molecular complexity index is 1500. The van der Waals surface area contributed by atoms with Crippen molar-refractivity contribution in [3.63, 3.8) is 0 Å². The first-order chi connectivity index (χ1) is 14.5. The summed E-state index contributed by atoms with van der Waals surface area (Å²) in [5, 5.41) is 1.88. The fourth-order valence-electron chi connectivity index (χ4n) is 3.62. The van der Waals surface area contributed by atoms with E-state index in [0.29, 0.717) is 11.4 Å². The zero-order chi connectivity index (χ0) is 20.7. The van der Waals surface area contributed by atoms with Gasteiger partial charge in [-0.1, -0.05) is 54.6 Å². The number of aryl methyl sites for hydroxylation is 1. The predicted octanol–water partition coefficient (Wildman–Crippen LogP) is 5.26. The van der Waals surface area contributed by atoms with Crippen molar-refractivity contribution < 1.29 is 8.42 Å². The van der Waals surface area contributed by atoms with Crippen molar-refractivity contribution in [3.05, 3.63) is 96.8 Å². The summed E-state index contributed by atoms with van der Waals surface area (Å²) in [6, 6.07) is 24.1. The van der Waals surface area contributed by atoms with Gasteiger partial charge in [0.1, 0.15) is 5.65 Å². The Kier molecular flexibility index (Phi) is 4.29. The molecule has 1 N–H and O–H groups in total. The van der Waals surface area contributed by atoms with Gasteiger partial charge in [0, 0.05) is 18.0 Å². The first-order valence-electron chi connectivity index (χ1n) is 9.57. The summed E-state index contributed by atoms with van der Waals surface area (Å²) in [5.74, 6) is 0. The Hall–Kier alpha value is -3.64. The van der Waals surface area contributed by atoms with Crippen molar-refractivity contribution >= 4 is 32.1 Å². The molecule has 148 valence electrons. The van der Waals surface area contributed by atoms with Crippen LogP contribution in [0.4, 0.5) is 5.69 Å². The van der Waals surface area contributed by atoms with E-state index in [-0.39, 0.29) is 4.90 Å². The molecule has 6 heteroatoms. The maximum Gasteiger partial charge on any atom is 0.261 e. The number of aromatic nitrogens is 2. The molecule has 0 aliphatic heterocycles. The van der Waals surface area contributed by atoms with Crippen molar-refractivity contribution in [2.24, 2.45) is 0 Å². The van der Waals surface area contributed by atoms with Crippen molar-refractivity contribution in [1.29, 1.82) is 0 Å². The number of imidazole rings is 1.